The highest BCUT2D eigenvalue weighted by Crippen LogP contribution is 2.35. The van der Waals surface area contributed by atoms with E-state index in [4.69, 9.17) is 21.1 Å². The summed E-state index contributed by atoms with van der Waals surface area (Å²) in [6.45, 7) is 1.77. The minimum atomic E-state index is -1.82. The first-order valence-electron chi connectivity index (χ1n) is 13.1. The molecule has 40 heavy (non-hydrogen) atoms. The van der Waals surface area contributed by atoms with Gasteiger partial charge in [-0.15, -0.1) is 0 Å². The second-order valence-corrected chi connectivity index (χ2v) is 10.3. The molecule has 205 valence electrons. The number of rotatable bonds is 10. The van der Waals surface area contributed by atoms with Gasteiger partial charge in [-0.05, 0) is 46.5 Å². The number of hydrogen-bond acceptors (Lipinski definition) is 6. The van der Waals surface area contributed by atoms with E-state index in [9.17, 15) is 15.0 Å². The SMILES string of the molecule is O=CC(O)([CH]C1COC(c2ccc(O)c(Cl)c2)CN1Cc1ccccc1)c1ccc(OCc2ccccc2)cc1. The van der Waals surface area contributed by atoms with Gasteiger partial charge < -0.3 is 19.7 Å². The van der Waals surface area contributed by atoms with Crippen LogP contribution in [0.2, 0.25) is 5.02 Å². The number of halogens is 1. The molecule has 4 aromatic carbocycles. The van der Waals surface area contributed by atoms with Gasteiger partial charge in [0, 0.05) is 25.6 Å². The summed E-state index contributed by atoms with van der Waals surface area (Å²) in [6, 6.07) is 31.5. The topological polar surface area (TPSA) is 79.2 Å². The van der Waals surface area contributed by atoms with Crippen molar-refractivity contribution in [2.75, 3.05) is 13.2 Å². The molecule has 1 heterocycles. The third kappa shape index (κ3) is 6.72. The average molecular weight is 557 g/mol. The lowest BCUT2D eigenvalue weighted by molar-refractivity contribution is -0.125. The van der Waals surface area contributed by atoms with E-state index in [1.807, 2.05) is 60.7 Å². The van der Waals surface area contributed by atoms with Crippen LogP contribution in [0.4, 0.5) is 0 Å². The van der Waals surface area contributed by atoms with Gasteiger partial charge >= 0.3 is 0 Å². The lowest BCUT2D eigenvalue weighted by atomic mass is 9.87. The van der Waals surface area contributed by atoms with Crippen molar-refractivity contribution >= 4 is 17.9 Å². The molecule has 1 fully saturated rings. The van der Waals surface area contributed by atoms with Gasteiger partial charge in [-0.25, -0.2) is 0 Å². The zero-order chi connectivity index (χ0) is 28.0. The normalized spacial score (nSPS) is 19.1. The summed E-state index contributed by atoms with van der Waals surface area (Å²) in [5, 5.41) is 21.6. The van der Waals surface area contributed by atoms with Crippen molar-refractivity contribution in [1.29, 1.82) is 0 Å². The highest BCUT2D eigenvalue weighted by molar-refractivity contribution is 6.32. The Hall–Kier alpha value is -3.68. The maximum atomic E-state index is 12.3. The zero-order valence-electron chi connectivity index (χ0n) is 21.9. The molecule has 1 aliphatic rings. The number of aliphatic hydroxyl groups is 1. The van der Waals surface area contributed by atoms with Gasteiger partial charge in [0.2, 0.25) is 0 Å². The van der Waals surface area contributed by atoms with E-state index in [0.717, 1.165) is 16.7 Å². The van der Waals surface area contributed by atoms with Crippen LogP contribution in [-0.4, -0.2) is 40.6 Å². The summed E-state index contributed by atoms with van der Waals surface area (Å²) < 4.78 is 12.1. The van der Waals surface area contributed by atoms with Crippen molar-refractivity contribution in [1.82, 2.24) is 4.90 Å². The first-order chi connectivity index (χ1) is 19.4. The molecule has 0 spiro atoms. The molecule has 0 aromatic heterocycles. The molecule has 0 aliphatic carbocycles. The Morgan fingerprint density at radius 1 is 0.950 bits per heavy atom. The minimum Gasteiger partial charge on any atom is -0.506 e. The van der Waals surface area contributed by atoms with Crippen LogP contribution in [0.25, 0.3) is 0 Å². The molecule has 1 saturated heterocycles. The number of carbonyl (C=O) groups is 1. The predicted molar refractivity (Wildman–Crippen MR) is 154 cm³/mol. The van der Waals surface area contributed by atoms with E-state index in [1.54, 1.807) is 48.9 Å². The van der Waals surface area contributed by atoms with Crippen LogP contribution in [0, 0.1) is 6.42 Å². The number of phenols is 1. The van der Waals surface area contributed by atoms with E-state index in [-0.39, 0.29) is 29.5 Å². The quantitative estimate of drug-likeness (QED) is 0.238. The third-order valence-corrected chi connectivity index (χ3v) is 7.40. The first-order valence-corrected chi connectivity index (χ1v) is 13.5. The molecule has 1 radical (unpaired) electrons. The Morgan fingerprint density at radius 2 is 1.62 bits per heavy atom. The summed E-state index contributed by atoms with van der Waals surface area (Å²) in [5.41, 5.74) is 1.61. The average Bonchev–Trinajstić information content (AvgIpc) is 2.99. The third-order valence-electron chi connectivity index (χ3n) is 7.10. The van der Waals surface area contributed by atoms with Crippen molar-refractivity contribution in [2.24, 2.45) is 0 Å². The summed E-state index contributed by atoms with van der Waals surface area (Å²) in [5.74, 6) is 0.657. The van der Waals surface area contributed by atoms with Gasteiger partial charge in [0.1, 0.15) is 23.7 Å². The molecule has 7 heteroatoms. The van der Waals surface area contributed by atoms with Crippen molar-refractivity contribution in [2.45, 2.75) is 30.9 Å². The Bertz CT molecular complexity index is 1400. The monoisotopic (exact) mass is 556 g/mol. The van der Waals surface area contributed by atoms with Crippen LogP contribution in [0.1, 0.15) is 28.4 Å². The zero-order valence-corrected chi connectivity index (χ0v) is 22.7. The molecule has 3 unspecified atom stereocenters. The summed E-state index contributed by atoms with van der Waals surface area (Å²) >= 11 is 6.16. The molecule has 6 nitrogen and oxygen atoms in total. The van der Waals surface area contributed by atoms with E-state index in [1.165, 1.54) is 0 Å². The molecule has 3 atom stereocenters. The molecule has 0 saturated carbocycles. The maximum Gasteiger partial charge on any atom is 0.156 e. The second-order valence-electron chi connectivity index (χ2n) is 9.92. The molecule has 5 rings (SSSR count). The molecule has 4 aromatic rings. The smallest absolute Gasteiger partial charge is 0.156 e. The van der Waals surface area contributed by atoms with Crippen molar-refractivity contribution < 1.29 is 24.5 Å². The van der Waals surface area contributed by atoms with Crippen molar-refractivity contribution in [3.05, 3.63) is 137 Å². The fraction of sp³-hybridized carbons (Fsp3) is 0.212. The first kappa shape index (κ1) is 27.9. The Morgan fingerprint density at radius 3 is 2.27 bits per heavy atom. The van der Waals surface area contributed by atoms with Crippen molar-refractivity contribution in [3.8, 4) is 11.5 Å². The molecular formula is C33H31ClNO5. The lowest BCUT2D eigenvalue weighted by Crippen LogP contribution is -2.50. The standard InChI is InChI=1S/C33H31ClNO5/c34-30-17-26(11-16-31(30)37)32-20-35(19-24-7-3-1-4-8-24)28(22-40-32)18-33(38,23-36)27-12-14-29(15-13-27)39-21-25-9-5-2-6-10-25/h1-18,23,28,32,37-38H,19-22H2. The number of benzene rings is 4. The highest BCUT2D eigenvalue weighted by atomic mass is 35.5. The van der Waals surface area contributed by atoms with Gasteiger partial charge in [0.25, 0.3) is 0 Å². The summed E-state index contributed by atoms with van der Waals surface area (Å²) in [4.78, 5) is 14.5. The fourth-order valence-electron chi connectivity index (χ4n) is 4.86. The summed E-state index contributed by atoms with van der Waals surface area (Å²) in [6.07, 6.45) is 1.90. The number of ether oxygens (including phenoxy) is 2. The Labute approximate surface area is 239 Å². The van der Waals surface area contributed by atoms with Crippen LogP contribution in [-0.2, 0) is 28.3 Å². The maximum absolute atomic E-state index is 12.3. The van der Waals surface area contributed by atoms with E-state index in [0.29, 0.717) is 37.3 Å². The van der Waals surface area contributed by atoms with Crippen LogP contribution in [0.3, 0.4) is 0 Å². The minimum absolute atomic E-state index is 0.0149. The van der Waals surface area contributed by atoms with Gasteiger partial charge in [0.05, 0.1) is 17.7 Å². The molecular weight excluding hydrogens is 526 g/mol. The van der Waals surface area contributed by atoms with E-state index >= 15 is 0 Å². The number of morpholine rings is 1. The van der Waals surface area contributed by atoms with Gasteiger partial charge in [-0.2, -0.15) is 0 Å². The number of phenolic OH excluding ortho intramolecular Hbond substituents is 1. The van der Waals surface area contributed by atoms with E-state index in [2.05, 4.69) is 4.90 Å². The molecule has 1 aliphatic heterocycles. The van der Waals surface area contributed by atoms with Crippen molar-refractivity contribution in [3.63, 3.8) is 0 Å². The van der Waals surface area contributed by atoms with Gasteiger partial charge in [0.15, 0.2) is 6.29 Å². The van der Waals surface area contributed by atoms with Crippen LogP contribution in [0.15, 0.2) is 103 Å². The Balaban J connectivity index is 1.32. The highest BCUT2D eigenvalue weighted by Gasteiger charge is 2.38. The van der Waals surface area contributed by atoms with Gasteiger partial charge in [-0.1, -0.05) is 90.5 Å². The Kier molecular flexibility index (Phi) is 8.82. The fourth-order valence-corrected chi connectivity index (χ4v) is 5.04. The van der Waals surface area contributed by atoms with Crippen LogP contribution < -0.4 is 4.74 Å². The molecule has 0 amide bonds. The van der Waals surface area contributed by atoms with Gasteiger partial charge in [-0.3, -0.25) is 9.69 Å². The number of aromatic hydroxyl groups is 1. The lowest BCUT2D eigenvalue weighted by Gasteiger charge is -2.42. The number of carbonyl (C=O) groups excluding carboxylic acids is 1. The molecule has 0 bridgehead atoms. The largest absolute Gasteiger partial charge is 0.506 e. The van der Waals surface area contributed by atoms with Crippen LogP contribution in [0.5, 0.6) is 11.5 Å². The molecule has 2 N–H and O–H groups in total. The van der Waals surface area contributed by atoms with Crippen LogP contribution >= 0.6 is 11.6 Å². The predicted octanol–water partition coefficient (Wildman–Crippen LogP) is 5.86. The number of hydrogen-bond donors (Lipinski definition) is 2. The van der Waals surface area contributed by atoms with E-state index < -0.39 is 5.60 Å². The summed E-state index contributed by atoms with van der Waals surface area (Å²) in [7, 11) is 0. The second kappa shape index (κ2) is 12.7. The number of nitrogens with zero attached hydrogens (tertiary/aromatic N) is 1. The number of aldehydes is 1.